The Hall–Kier alpha value is -2.42. The minimum atomic E-state index is -0.251. The molecule has 0 radical (unpaired) electrons. The third-order valence-corrected chi connectivity index (χ3v) is 3.32. The number of rotatable bonds is 6. The maximum absolute atomic E-state index is 11.5. The Balaban J connectivity index is 1.83. The van der Waals surface area contributed by atoms with E-state index in [1.54, 1.807) is 12.4 Å². The zero-order valence-electron chi connectivity index (χ0n) is 11.3. The van der Waals surface area contributed by atoms with Crippen molar-refractivity contribution in [2.45, 2.75) is 5.16 Å². The van der Waals surface area contributed by atoms with Gasteiger partial charge in [0.15, 0.2) is 5.82 Å². The summed E-state index contributed by atoms with van der Waals surface area (Å²) in [4.78, 5) is 30.7. The van der Waals surface area contributed by atoms with E-state index in [4.69, 9.17) is 0 Å². The highest BCUT2D eigenvalue weighted by Gasteiger charge is 2.09. The van der Waals surface area contributed by atoms with Crippen molar-refractivity contribution in [3.05, 3.63) is 24.5 Å². The fourth-order valence-electron chi connectivity index (χ4n) is 1.40. The second-order valence-electron chi connectivity index (χ2n) is 3.94. The van der Waals surface area contributed by atoms with Gasteiger partial charge in [-0.3, -0.25) is 19.7 Å². The van der Waals surface area contributed by atoms with Gasteiger partial charge in [-0.15, -0.1) is 5.10 Å². The molecule has 0 saturated carbocycles. The maximum Gasteiger partial charge on any atom is 0.239 e. The van der Waals surface area contributed by atoms with Crippen LogP contribution in [0.1, 0.15) is 0 Å². The number of amides is 2. The molecule has 0 saturated heterocycles. The fraction of sp³-hybridized carbons (Fsp3) is 0.250. The van der Waals surface area contributed by atoms with Crippen LogP contribution in [-0.2, 0) is 9.59 Å². The molecule has 0 aromatic carbocycles. The molecule has 2 amide bonds. The van der Waals surface area contributed by atoms with Crippen LogP contribution in [0.5, 0.6) is 0 Å². The molecule has 2 rings (SSSR count). The molecule has 2 aromatic rings. The number of aromatic amines is 1. The zero-order valence-corrected chi connectivity index (χ0v) is 12.1. The van der Waals surface area contributed by atoms with Crippen molar-refractivity contribution >= 4 is 23.6 Å². The van der Waals surface area contributed by atoms with Crippen molar-refractivity contribution in [3.8, 4) is 11.4 Å². The molecule has 2 heterocycles. The molecule has 8 nitrogen and oxygen atoms in total. The van der Waals surface area contributed by atoms with Gasteiger partial charge in [0.2, 0.25) is 17.0 Å². The number of carbonyl (C=O) groups excluding carboxylic acids is 2. The van der Waals surface area contributed by atoms with Gasteiger partial charge in [-0.2, -0.15) is 0 Å². The van der Waals surface area contributed by atoms with Crippen molar-refractivity contribution in [3.63, 3.8) is 0 Å². The minimum absolute atomic E-state index is 0.0356. The van der Waals surface area contributed by atoms with Gasteiger partial charge in [0.1, 0.15) is 0 Å². The van der Waals surface area contributed by atoms with Crippen LogP contribution in [0.2, 0.25) is 0 Å². The lowest BCUT2D eigenvalue weighted by molar-refractivity contribution is -0.124. The number of H-pyrrole nitrogens is 1. The van der Waals surface area contributed by atoms with Crippen LogP contribution >= 0.6 is 11.8 Å². The molecule has 0 aliphatic carbocycles. The Bertz CT molecular complexity index is 615. The predicted octanol–water partition coefficient (Wildman–Crippen LogP) is -0.179. The molecule has 3 N–H and O–H groups in total. The van der Waals surface area contributed by atoms with Gasteiger partial charge in [-0.25, -0.2) is 4.98 Å². The van der Waals surface area contributed by atoms with Gasteiger partial charge in [-0.05, 0) is 12.1 Å². The average Bonchev–Trinajstić information content (AvgIpc) is 3.00. The highest BCUT2D eigenvalue weighted by atomic mass is 32.2. The summed E-state index contributed by atoms with van der Waals surface area (Å²) in [6.45, 7) is -0.0356. The Morgan fingerprint density at radius 2 is 2.05 bits per heavy atom. The van der Waals surface area contributed by atoms with Crippen molar-refractivity contribution in [2.24, 2.45) is 0 Å². The van der Waals surface area contributed by atoms with Crippen molar-refractivity contribution in [1.29, 1.82) is 0 Å². The summed E-state index contributed by atoms with van der Waals surface area (Å²) >= 11 is 1.19. The zero-order chi connectivity index (χ0) is 15.1. The van der Waals surface area contributed by atoms with Crippen molar-refractivity contribution < 1.29 is 9.59 Å². The van der Waals surface area contributed by atoms with Crippen LogP contribution in [0.15, 0.2) is 29.7 Å². The number of pyridine rings is 1. The van der Waals surface area contributed by atoms with Crippen LogP contribution in [-0.4, -0.2) is 51.3 Å². The molecule has 0 aliphatic heterocycles. The lowest BCUT2D eigenvalue weighted by Crippen LogP contribution is -2.36. The van der Waals surface area contributed by atoms with Crippen molar-refractivity contribution in [1.82, 2.24) is 30.8 Å². The first-order valence-corrected chi connectivity index (χ1v) is 7.10. The van der Waals surface area contributed by atoms with Gasteiger partial charge >= 0.3 is 0 Å². The van der Waals surface area contributed by atoms with Crippen LogP contribution < -0.4 is 10.6 Å². The number of nitrogens with zero attached hydrogens (tertiary/aromatic N) is 3. The number of aromatic nitrogens is 4. The van der Waals surface area contributed by atoms with E-state index in [9.17, 15) is 9.59 Å². The number of thioether (sulfide) groups is 1. The van der Waals surface area contributed by atoms with E-state index < -0.39 is 0 Å². The van der Waals surface area contributed by atoms with Gasteiger partial charge in [0.05, 0.1) is 12.3 Å². The van der Waals surface area contributed by atoms with Crippen LogP contribution in [0.25, 0.3) is 11.4 Å². The first-order valence-electron chi connectivity index (χ1n) is 6.12. The standard InChI is InChI=1S/C12H14N6O2S/c1-13-9(19)6-15-10(20)7-21-12-16-11(17-18-12)8-2-4-14-5-3-8/h2-5H,6-7H2,1H3,(H,13,19)(H,15,20)(H,16,17,18). The highest BCUT2D eigenvalue weighted by Crippen LogP contribution is 2.17. The largest absolute Gasteiger partial charge is 0.358 e. The van der Waals surface area contributed by atoms with Crippen molar-refractivity contribution in [2.75, 3.05) is 19.3 Å². The second-order valence-corrected chi connectivity index (χ2v) is 4.88. The molecule has 21 heavy (non-hydrogen) atoms. The SMILES string of the molecule is CNC(=O)CNC(=O)CSc1n[nH]c(-c2ccncc2)n1. The normalized spacial score (nSPS) is 10.1. The summed E-state index contributed by atoms with van der Waals surface area (Å²) in [5, 5.41) is 12.2. The number of carbonyl (C=O) groups is 2. The minimum Gasteiger partial charge on any atom is -0.358 e. The Labute approximate surface area is 125 Å². The molecule has 0 bridgehead atoms. The van der Waals surface area contributed by atoms with E-state index in [1.165, 1.54) is 18.8 Å². The fourth-order valence-corrected chi connectivity index (χ4v) is 2.03. The molecule has 0 atom stereocenters. The van der Waals surface area contributed by atoms with E-state index in [0.29, 0.717) is 11.0 Å². The first-order chi connectivity index (χ1) is 10.2. The van der Waals surface area contributed by atoms with Gasteiger partial charge in [0.25, 0.3) is 0 Å². The smallest absolute Gasteiger partial charge is 0.239 e. The first kappa shape index (κ1) is 15.0. The van der Waals surface area contributed by atoms with Crippen LogP contribution in [0.4, 0.5) is 0 Å². The molecule has 9 heteroatoms. The van der Waals surface area contributed by atoms with E-state index in [1.807, 2.05) is 12.1 Å². The molecule has 0 aliphatic rings. The van der Waals surface area contributed by atoms with E-state index in [2.05, 4.69) is 30.8 Å². The number of hydrogen-bond donors (Lipinski definition) is 3. The van der Waals surface area contributed by atoms with Gasteiger partial charge < -0.3 is 10.6 Å². The quantitative estimate of drug-likeness (QED) is 0.638. The molecule has 110 valence electrons. The Morgan fingerprint density at radius 3 is 2.76 bits per heavy atom. The summed E-state index contributed by atoms with van der Waals surface area (Å²) in [6.07, 6.45) is 3.33. The third kappa shape index (κ3) is 4.56. The summed E-state index contributed by atoms with van der Waals surface area (Å²) in [5.74, 6) is 0.265. The summed E-state index contributed by atoms with van der Waals surface area (Å²) in [6, 6.07) is 3.62. The van der Waals surface area contributed by atoms with Gasteiger partial charge in [-0.1, -0.05) is 11.8 Å². The molecule has 0 fully saturated rings. The monoisotopic (exact) mass is 306 g/mol. The van der Waals surface area contributed by atoms with Crippen LogP contribution in [0.3, 0.4) is 0 Å². The number of likely N-dealkylation sites (N-methyl/N-ethyl adjacent to an activating group) is 1. The van der Waals surface area contributed by atoms with E-state index in [-0.39, 0.29) is 24.1 Å². The second kappa shape index (κ2) is 7.39. The Kier molecular flexibility index (Phi) is 5.27. The number of hydrogen-bond acceptors (Lipinski definition) is 6. The lowest BCUT2D eigenvalue weighted by atomic mass is 10.3. The Morgan fingerprint density at radius 1 is 1.29 bits per heavy atom. The molecule has 2 aromatic heterocycles. The maximum atomic E-state index is 11.5. The topological polar surface area (TPSA) is 113 Å². The average molecular weight is 306 g/mol. The van der Waals surface area contributed by atoms with E-state index in [0.717, 1.165) is 5.56 Å². The molecular weight excluding hydrogens is 292 g/mol. The molecular formula is C12H14N6O2S. The number of nitrogens with one attached hydrogen (secondary N) is 3. The lowest BCUT2D eigenvalue weighted by Gasteiger charge is -2.02. The summed E-state index contributed by atoms with van der Waals surface area (Å²) in [5.41, 5.74) is 0.869. The summed E-state index contributed by atoms with van der Waals surface area (Å²) in [7, 11) is 1.51. The molecule has 0 unspecified atom stereocenters. The summed E-state index contributed by atoms with van der Waals surface area (Å²) < 4.78 is 0. The van der Waals surface area contributed by atoms with Gasteiger partial charge in [0, 0.05) is 25.0 Å². The molecule has 0 spiro atoms. The predicted molar refractivity (Wildman–Crippen MR) is 77.4 cm³/mol. The van der Waals surface area contributed by atoms with E-state index >= 15 is 0 Å². The van der Waals surface area contributed by atoms with Crippen LogP contribution in [0, 0.1) is 0 Å². The third-order valence-electron chi connectivity index (χ3n) is 2.48. The highest BCUT2D eigenvalue weighted by molar-refractivity contribution is 7.99.